The van der Waals surface area contributed by atoms with E-state index in [4.69, 9.17) is 0 Å². The number of rotatable bonds is 4. The Hall–Kier alpha value is -1.16. The molecule has 0 spiro atoms. The Kier molecular flexibility index (Phi) is 5.14. The molecule has 1 aromatic carbocycles. The summed E-state index contributed by atoms with van der Waals surface area (Å²) in [6.45, 7) is 0.972. The van der Waals surface area contributed by atoms with E-state index in [1.165, 1.54) is 30.6 Å². The van der Waals surface area contributed by atoms with Crippen molar-refractivity contribution in [2.75, 3.05) is 20.6 Å². The number of guanidine groups is 1. The van der Waals surface area contributed by atoms with Crippen molar-refractivity contribution in [2.45, 2.75) is 35.3 Å². The zero-order valence-electron chi connectivity index (χ0n) is 11.8. The highest BCUT2D eigenvalue weighted by molar-refractivity contribution is 8.00. The number of nitrogens with zero attached hydrogens (tertiary/aromatic N) is 1. The maximum atomic E-state index is 4.19. The van der Waals surface area contributed by atoms with Gasteiger partial charge in [0.2, 0.25) is 0 Å². The SMILES string of the molecule is CN=C(NC)NCC1(Sc2ccccc2)CCCC1. The van der Waals surface area contributed by atoms with E-state index < -0.39 is 0 Å². The zero-order valence-corrected chi connectivity index (χ0v) is 12.6. The predicted octanol–water partition coefficient (Wildman–Crippen LogP) is 2.89. The Bertz CT molecular complexity index is 411. The van der Waals surface area contributed by atoms with Crippen molar-refractivity contribution < 1.29 is 0 Å². The lowest BCUT2D eigenvalue weighted by Crippen LogP contribution is -2.43. The number of thioether (sulfide) groups is 1. The fourth-order valence-corrected chi connectivity index (χ4v) is 4.03. The highest BCUT2D eigenvalue weighted by atomic mass is 32.2. The molecule has 4 heteroatoms. The second-order valence-electron chi connectivity index (χ2n) is 4.98. The van der Waals surface area contributed by atoms with Gasteiger partial charge in [-0.15, -0.1) is 11.8 Å². The van der Waals surface area contributed by atoms with Gasteiger partial charge in [0.25, 0.3) is 0 Å². The predicted molar refractivity (Wildman–Crippen MR) is 83.9 cm³/mol. The minimum Gasteiger partial charge on any atom is -0.359 e. The van der Waals surface area contributed by atoms with Crippen molar-refractivity contribution in [1.29, 1.82) is 0 Å². The van der Waals surface area contributed by atoms with Crippen LogP contribution in [0.5, 0.6) is 0 Å². The molecule has 1 aliphatic carbocycles. The van der Waals surface area contributed by atoms with Gasteiger partial charge in [0.15, 0.2) is 5.96 Å². The quantitative estimate of drug-likeness (QED) is 0.656. The monoisotopic (exact) mass is 277 g/mol. The van der Waals surface area contributed by atoms with Crippen LogP contribution in [0.25, 0.3) is 0 Å². The van der Waals surface area contributed by atoms with Gasteiger partial charge in [-0.05, 0) is 25.0 Å². The molecule has 3 nitrogen and oxygen atoms in total. The molecule has 1 aromatic rings. The minimum absolute atomic E-state index is 0.314. The molecule has 1 fully saturated rings. The number of nitrogens with one attached hydrogen (secondary N) is 2. The van der Waals surface area contributed by atoms with E-state index in [0.717, 1.165) is 12.5 Å². The summed E-state index contributed by atoms with van der Waals surface area (Å²) in [5, 5.41) is 6.53. The van der Waals surface area contributed by atoms with Gasteiger partial charge in [0, 0.05) is 30.3 Å². The molecule has 0 amide bonds. The van der Waals surface area contributed by atoms with E-state index in [-0.39, 0.29) is 0 Å². The topological polar surface area (TPSA) is 36.4 Å². The Morgan fingerprint density at radius 3 is 2.53 bits per heavy atom. The van der Waals surface area contributed by atoms with Gasteiger partial charge in [-0.3, -0.25) is 4.99 Å². The fourth-order valence-electron chi connectivity index (χ4n) is 2.60. The van der Waals surface area contributed by atoms with Crippen LogP contribution in [-0.4, -0.2) is 31.3 Å². The van der Waals surface area contributed by atoms with Gasteiger partial charge in [-0.1, -0.05) is 31.0 Å². The van der Waals surface area contributed by atoms with Crippen LogP contribution >= 0.6 is 11.8 Å². The fraction of sp³-hybridized carbons (Fsp3) is 0.533. The smallest absolute Gasteiger partial charge is 0.190 e. The maximum Gasteiger partial charge on any atom is 0.190 e. The molecule has 0 unspecified atom stereocenters. The highest BCUT2D eigenvalue weighted by Gasteiger charge is 2.35. The summed E-state index contributed by atoms with van der Waals surface area (Å²) in [6.07, 6.45) is 5.22. The first-order valence-corrected chi connectivity index (χ1v) is 7.72. The molecule has 1 saturated carbocycles. The van der Waals surface area contributed by atoms with Gasteiger partial charge >= 0.3 is 0 Å². The molecular formula is C15H23N3S. The third-order valence-electron chi connectivity index (χ3n) is 3.63. The van der Waals surface area contributed by atoms with Crippen molar-refractivity contribution >= 4 is 17.7 Å². The van der Waals surface area contributed by atoms with Crippen LogP contribution in [0.4, 0.5) is 0 Å². The van der Waals surface area contributed by atoms with Crippen molar-refractivity contribution in [3.8, 4) is 0 Å². The minimum atomic E-state index is 0.314. The van der Waals surface area contributed by atoms with Crippen LogP contribution in [0, 0.1) is 0 Å². The number of benzene rings is 1. The van der Waals surface area contributed by atoms with E-state index in [9.17, 15) is 0 Å². The number of aliphatic imine (C=N–C) groups is 1. The van der Waals surface area contributed by atoms with Crippen molar-refractivity contribution in [3.63, 3.8) is 0 Å². The molecule has 2 N–H and O–H groups in total. The van der Waals surface area contributed by atoms with Crippen LogP contribution in [-0.2, 0) is 0 Å². The summed E-state index contributed by atoms with van der Waals surface area (Å²) in [5.74, 6) is 0.875. The van der Waals surface area contributed by atoms with Gasteiger partial charge in [-0.25, -0.2) is 0 Å². The second-order valence-corrected chi connectivity index (χ2v) is 6.52. The normalized spacial score (nSPS) is 18.3. The van der Waals surface area contributed by atoms with Crippen LogP contribution in [0.15, 0.2) is 40.2 Å². The summed E-state index contributed by atoms with van der Waals surface area (Å²) in [5.41, 5.74) is 0. The molecule has 1 aliphatic rings. The molecule has 2 rings (SSSR count). The van der Waals surface area contributed by atoms with E-state index >= 15 is 0 Å². The average molecular weight is 277 g/mol. The molecule has 19 heavy (non-hydrogen) atoms. The highest BCUT2D eigenvalue weighted by Crippen LogP contribution is 2.44. The third kappa shape index (κ3) is 3.90. The molecule has 104 valence electrons. The van der Waals surface area contributed by atoms with Crippen molar-refractivity contribution in [2.24, 2.45) is 4.99 Å². The molecule has 0 atom stereocenters. The molecule has 0 aliphatic heterocycles. The summed E-state index contributed by atoms with van der Waals surface area (Å²) in [6, 6.07) is 10.7. The van der Waals surface area contributed by atoms with Gasteiger partial charge in [0.1, 0.15) is 0 Å². The van der Waals surface area contributed by atoms with E-state index in [1.54, 1.807) is 0 Å². The van der Waals surface area contributed by atoms with E-state index in [1.807, 2.05) is 25.9 Å². The molecular weight excluding hydrogens is 254 g/mol. The summed E-state index contributed by atoms with van der Waals surface area (Å²) in [7, 11) is 3.71. The van der Waals surface area contributed by atoms with Crippen LogP contribution in [0.1, 0.15) is 25.7 Å². The molecule has 0 aromatic heterocycles. The summed E-state index contributed by atoms with van der Waals surface area (Å²) in [4.78, 5) is 5.56. The van der Waals surface area contributed by atoms with E-state index in [2.05, 4.69) is 46.0 Å². The lowest BCUT2D eigenvalue weighted by molar-refractivity contribution is 0.585. The van der Waals surface area contributed by atoms with Gasteiger partial charge in [0.05, 0.1) is 0 Å². The Morgan fingerprint density at radius 1 is 1.26 bits per heavy atom. The van der Waals surface area contributed by atoms with Crippen LogP contribution in [0.3, 0.4) is 0 Å². The molecule has 0 saturated heterocycles. The Balaban J connectivity index is 2.02. The maximum absolute atomic E-state index is 4.19. The number of hydrogen-bond acceptors (Lipinski definition) is 2. The van der Waals surface area contributed by atoms with Gasteiger partial charge in [-0.2, -0.15) is 0 Å². The van der Waals surface area contributed by atoms with Crippen LogP contribution in [0.2, 0.25) is 0 Å². The van der Waals surface area contributed by atoms with Crippen molar-refractivity contribution in [1.82, 2.24) is 10.6 Å². The standard InChI is InChI=1S/C15H23N3S/c1-16-14(17-2)18-12-15(10-6-7-11-15)19-13-8-4-3-5-9-13/h3-5,8-9H,6-7,10-12H2,1-2H3,(H2,16,17,18). The van der Waals surface area contributed by atoms with Gasteiger partial charge < -0.3 is 10.6 Å². The first-order valence-electron chi connectivity index (χ1n) is 6.90. The second kappa shape index (κ2) is 6.85. The largest absolute Gasteiger partial charge is 0.359 e. The zero-order chi connectivity index (χ0) is 13.6. The first kappa shape index (κ1) is 14.3. The molecule has 0 bridgehead atoms. The third-order valence-corrected chi connectivity index (χ3v) is 5.12. The lowest BCUT2D eigenvalue weighted by atomic mass is 10.1. The summed E-state index contributed by atoms with van der Waals surface area (Å²) < 4.78 is 0.314. The molecule has 0 heterocycles. The number of hydrogen-bond donors (Lipinski definition) is 2. The summed E-state index contributed by atoms with van der Waals surface area (Å²) >= 11 is 2.02. The first-order chi connectivity index (χ1) is 9.28. The van der Waals surface area contributed by atoms with Crippen molar-refractivity contribution in [3.05, 3.63) is 30.3 Å². The van der Waals surface area contributed by atoms with E-state index in [0.29, 0.717) is 4.75 Å². The Morgan fingerprint density at radius 2 is 1.95 bits per heavy atom. The average Bonchev–Trinajstić information content (AvgIpc) is 2.90. The van der Waals surface area contributed by atoms with Crippen LogP contribution < -0.4 is 10.6 Å². The Labute approximate surface area is 120 Å². The lowest BCUT2D eigenvalue weighted by Gasteiger charge is -2.29. The molecule has 0 radical (unpaired) electrons.